The lowest BCUT2D eigenvalue weighted by Crippen LogP contribution is -2.38. The van der Waals surface area contributed by atoms with Gasteiger partial charge < -0.3 is 19.9 Å². The van der Waals surface area contributed by atoms with E-state index < -0.39 is 0 Å². The molecule has 1 atom stereocenters. The normalized spacial score (nSPS) is 12.4. The number of rotatable bonds is 9. The fourth-order valence-corrected chi connectivity index (χ4v) is 2.56. The number of nitrogens with one attached hydrogen (secondary N) is 2. The van der Waals surface area contributed by atoms with Crippen molar-refractivity contribution in [3.05, 3.63) is 46.6 Å². The fourth-order valence-electron chi connectivity index (χ4n) is 2.33. The summed E-state index contributed by atoms with van der Waals surface area (Å²) in [4.78, 5) is 8.80. The van der Waals surface area contributed by atoms with Crippen LogP contribution >= 0.6 is 35.6 Å². The lowest BCUT2D eigenvalue weighted by Gasteiger charge is -2.11. The molecule has 1 aromatic heterocycles. The van der Waals surface area contributed by atoms with Crippen molar-refractivity contribution in [1.82, 2.24) is 20.8 Å². The molecule has 0 aliphatic rings. The SMILES string of the molecule is CCNC(=NCc1nc(C(C)OCC)no1)NCCc1ccccc1Cl.I. The zero-order valence-electron chi connectivity index (χ0n) is 15.9. The number of guanidine groups is 1. The van der Waals surface area contributed by atoms with E-state index in [1.54, 1.807) is 0 Å². The Morgan fingerprint density at radius 3 is 2.78 bits per heavy atom. The van der Waals surface area contributed by atoms with Gasteiger partial charge in [-0.2, -0.15) is 4.98 Å². The average molecular weight is 508 g/mol. The molecule has 0 aliphatic carbocycles. The molecule has 0 spiro atoms. The third kappa shape index (κ3) is 8.02. The van der Waals surface area contributed by atoms with Crippen molar-refractivity contribution in [3.63, 3.8) is 0 Å². The van der Waals surface area contributed by atoms with Crippen LogP contribution in [-0.2, 0) is 17.7 Å². The molecule has 0 bridgehead atoms. The third-order valence-corrected chi connectivity index (χ3v) is 3.99. The molecular weight excluding hydrogens is 481 g/mol. The molecule has 2 N–H and O–H groups in total. The second-order valence-electron chi connectivity index (χ2n) is 5.61. The lowest BCUT2D eigenvalue weighted by atomic mass is 10.1. The molecule has 0 amide bonds. The Kier molecular flexibility index (Phi) is 11.3. The van der Waals surface area contributed by atoms with Crippen LogP contribution in [0, 0.1) is 0 Å². The predicted molar refractivity (Wildman–Crippen MR) is 118 cm³/mol. The minimum absolute atomic E-state index is 0. The maximum absolute atomic E-state index is 6.18. The van der Waals surface area contributed by atoms with Gasteiger partial charge in [-0.1, -0.05) is 35.0 Å². The maximum Gasteiger partial charge on any atom is 0.248 e. The van der Waals surface area contributed by atoms with Gasteiger partial charge in [-0.3, -0.25) is 0 Å². The van der Waals surface area contributed by atoms with E-state index in [-0.39, 0.29) is 30.1 Å². The molecular formula is C18H27ClIN5O2. The Labute approximate surface area is 182 Å². The highest BCUT2D eigenvalue weighted by Crippen LogP contribution is 2.15. The van der Waals surface area contributed by atoms with Gasteiger partial charge in [0.2, 0.25) is 5.89 Å². The van der Waals surface area contributed by atoms with Gasteiger partial charge in [-0.25, -0.2) is 4.99 Å². The summed E-state index contributed by atoms with van der Waals surface area (Å²) in [6, 6.07) is 7.83. The van der Waals surface area contributed by atoms with Crippen molar-refractivity contribution in [3.8, 4) is 0 Å². The number of nitrogens with zero attached hydrogens (tertiary/aromatic N) is 3. The van der Waals surface area contributed by atoms with E-state index in [1.807, 2.05) is 45.0 Å². The van der Waals surface area contributed by atoms with Gasteiger partial charge in [0.15, 0.2) is 11.8 Å². The molecule has 1 aromatic carbocycles. The largest absolute Gasteiger partial charge is 0.371 e. The van der Waals surface area contributed by atoms with Crippen LogP contribution in [0.4, 0.5) is 0 Å². The minimum atomic E-state index is -0.191. The first kappa shape index (κ1) is 23.6. The number of benzene rings is 1. The Morgan fingerprint density at radius 1 is 1.30 bits per heavy atom. The van der Waals surface area contributed by atoms with Crippen LogP contribution in [0.25, 0.3) is 0 Å². The molecule has 1 unspecified atom stereocenters. The first-order chi connectivity index (χ1) is 12.6. The molecule has 0 fully saturated rings. The van der Waals surface area contributed by atoms with Gasteiger partial charge in [-0.05, 0) is 38.8 Å². The van der Waals surface area contributed by atoms with Crippen molar-refractivity contribution in [1.29, 1.82) is 0 Å². The van der Waals surface area contributed by atoms with Crippen LogP contribution in [0.1, 0.15) is 44.2 Å². The van der Waals surface area contributed by atoms with E-state index >= 15 is 0 Å². The van der Waals surface area contributed by atoms with Crippen LogP contribution in [-0.4, -0.2) is 35.8 Å². The van der Waals surface area contributed by atoms with E-state index in [1.165, 1.54) is 0 Å². The molecule has 9 heteroatoms. The summed E-state index contributed by atoms with van der Waals surface area (Å²) in [6.07, 6.45) is 0.615. The number of hydrogen-bond donors (Lipinski definition) is 2. The highest BCUT2D eigenvalue weighted by molar-refractivity contribution is 14.0. The van der Waals surface area contributed by atoms with Crippen molar-refractivity contribution in [2.45, 2.75) is 39.8 Å². The smallest absolute Gasteiger partial charge is 0.248 e. The summed E-state index contributed by atoms with van der Waals surface area (Å²) in [7, 11) is 0. The van der Waals surface area contributed by atoms with Gasteiger partial charge in [0, 0.05) is 24.7 Å². The summed E-state index contributed by atoms with van der Waals surface area (Å²) in [5, 5.41) is 11.2. The van der Waals surface area contributed by atoms with Gasteiger partial charge in [0.25, 0.3) is 0 Å². The van der Waals surface area contributed by atoms with Crippen molar-refractivity contribution in [2.75, 3.05) is 19.7 Å². The van der Waals surface area contributed by atoms with Gasteiger partial charge in [0.1, 0.15) is 12.6 Å². The first-order valence-electron chi connectivity index (χ1n) is 8.83. The Morgan fingerprint density at radius 2 is 2.07 bits per heavy atom. The standard InChI is InChI=1S/C18H26ClN5O2.HI/c1-4-20-18(21-11-10-14-8-6-7-9-15(14)19)22-12-16-23-17(24-26-16)13(3)25-5-2;/h6-9,13H,4-5,10-12H2,1-3H3,(H2,20,21,22);1H. The minimum Gasteiger partial charge on any atom is -0.371 e. The second-order valence-corrected chi connectivity index (χ2v) is 6.01. The quantitative estimate of drug-likeness (QED) is 0.306. The Hall–Kier alpha value is -1.39. The highest BCUT2D eigenvalue weighted by atomic mass is 127. The molecule has 0 aliphatic heterocycles. The molecule has 0 saturated heterocycles. The average Bonchev–Trinajstić information content (AvgIpc) is 3.10. The molecule has 7 nitrogen and oxygen atoms in total. The molecule has 0 radical (unpaired) electrons. The molecule has 1 heterocycles. The summed E-state index contributed by atoms with van der Waals surface area (Å²) >= 11 is 6.18. The Bertz CT molecular complexity index is 711. The molecule has 27 heavy (non-hydrogen) atoms. The second kappa shape index (κ2) is 12.9. The van der Waals surface area contributed by atoms with Crippen molar-refractivity contribution in [2.24, 2.45) is 4.99 Å². The van der Waals surface area contributed by atoms with Crippen molar-refractivity contribution < 1.29 is 9.26 Å². The van der Waals surface area contributed by atoms with Crippen molar-refractivity contribution >= 4 is 41.5 Å². The van der Waals surface area contributed by atoms with Crippen LogP contribution < -0.4 is 10.6 Å². The molecule has 2 aromatic rings. The summed E-state index contributed by atoms with van der Waals surface area (Å²) in [6.45, 7) is 8.21. The third-order valence-electron chi connectivity index (χ3n) is 3.63. The number of aromatic nitrogens is 2. The van der Waals surface area contributed by atoms with E-state index in [2.05, 4.69) is 25.8 Å². The van der Waals surface area contributed by atoms with Gasteiger partial charge in [0.05, 0.1) is 0 Å². The zero-order valence-corrected chi connectivity index (χ0v) is 19.0. The predicted octanol–water partition coefficient (Wildman–Crippen LogP) is 3.74. The Balaban J connectivity index is 0.00000364. The molecule has 2 rings (SSSR count). The highest BCUT2D eigenvalue weighted by Gasteiger charge is 2.13. The van der Waals surface area contributed by atoms with Crippen LogP contribution in [0.2, 0.25) is 5.02 Å². The van der Waals surface area contributed by atoms with E-state index in [0.717, 1.165) is 23.6 Å². The summed E-state index contributed by atoms with van der Waals surface area (Å²) in [5.74, 6) is 1.68. The number of hydrogen-bond acceptors (Lipinski definition) is 5. The number of ether oxygens (including phenoxy) is 1. The molecule has 0 saturated carbocycles. The van der Waals surface area contributed by atoms with Gasteiger partial charge in [-0.15, -0.1) is 24.0 Å². The topological polar surface area (TPSA) is 84.6 Å². The first-order valence-corrected chi connectivity index (χ1v) is 9.21. The van der Waals surface area contributed by atoms with E-state index in [4.69, 9.17) is 20.9 Å². The van der Waals surface area contributed by atoms with Crippen LogP contribution in [0.5, 0.6) is 0 Å². The number of halogens is 2. The molecule has 150 valence electrons. The maximum atomic E-state index is 6.18. The monoisotopic (exact) mass is 507 g/mol. The van der Waals surface area contributed by atoms with Crippen LogP contribution in [0.3, 0.4) is 0 Å². The zero-order chi connectivity index (χ0) is 18.8. The van der Waals surface area contributed by atoms with Gasteiger partial charge >= 0.3 is 0 Å². The van der Waals surface area contributed by atoms with E-state index in [9.17, 15) is 0 Å². The van der Waals surface area contributed by atoms with E-state index in [0.29, 0.717) is 37.4 Å². The van der Waals surface area contributed by atoms with Crippen LogP contribution in [0.15, 0.2) is 33.8 Å². The summed E-state index contributed by atoms with van der Waals surface area (Å²) in [5.41, 5.74) is 1.10. The summed E-state index contributed by atoms with van der Waals surface area (Å²) < 4.78 is 10.7. The number of aliphatic imine (C=N–C) groups is 1. The fraction of sp³-hybridized carbons (Fsp3) is 0.500. The lowest BCUT2D eigenvalue weighted by molar-refractivity contribution is 0.0683.